The molecule has 0 aliphatic carbocycles. The molecule has 3 amide bonds. The van der Waals surface area contributed by atoms with Crippen LogP contribution in [0.4, 0.5) is 10.1 Å². The van der Waals surface area contributed by atoms with Crippen molar-refractivity contribution in [3.05, 3.63) is 65.5 Å². The fraction of sp³-hybridized carbons (Fsp3) is 0.286. The molecule has 0 aromatic heterocycles. The summed E-state index contributed by atoms with van der Waals surface area (Å²) >= 11 is 0. The normalized spacial score (nSPS) is 15.9. The summed E-state index contributed by atoms with van der Waals surface area (Å²) in [4.78, 5) is 39.0. The van der Waals surface area contributed by atoms with Crippen molar-refractivity contribution < 1.29 is 18.8 Å². The zero-order valence-electron chi connectivity index (χ0n) is 15.6. The summed E-state index contributed by atoms with van der Waals surface area (Å²) in [6, 6.07) is 11.3. The van der Waals surface area contributed by atoms with Crippen molar-refractivity contribution in [1.82, 2.24) is 10.2 Å². The Morgan fingerprint density at radius 3 is 2.57 bits per heavy atom. The first-order chi connectivity index (χ1) is 13.5. The number of rotatable bonds is 5. The largest absolute Gasteiger partial charge is 0.355 e. The van der Waals surface area contributed by atoms with Crippen molar-refractivity contribution in [3.63, 3.8) is 0 Å². The fourth-order valence-corrected chi connectivity index (χ4v) is 3.27. The van der Waals surface area contributed by atoms with Crippen molar-refractivity contribution in [1.29, 1.82) is 0 Å². The first-order valence-electron chi connectivity index (χ1n) is 9.25. The van der Waals surface area contributed by atoms with Crippen LogP contribution in [0.2, 0.25) is 0 Å². The molecule has 1 aliphatic heterocycles. The van der Waals surface area contributed by atoms with Crippen LogP contribution in [-0.2, 0) is 4.79 Å². The highest BCUT2D eigenvalue weighted by Crippen LogP contribution is 2.22. The van der Waals surface area contributed by atoms with E-state index in [1.807, 2.05) is 6.92 Å². The van der Waals surface area contributed by atoms with Gasteiger partial charge in [-0.1, -0.05) is 6.07 Å². The van der Waals surface area contributed by atoms with Gasteiger partial charge in [0.2, 0.25) is 5.91 Å². The van der Waals surface area contributed by atoms with E-state index in [2.05, 4.69) is 10.6 Å². The van der Waals surface area contributed by atoms with Gasteiger partial charge in [-0.05, 0) is 62.2 Å². The van der Waals surface area contributed by atoms with Gasteiger partial charge in [0, 0.05) is 29.9 Å². The minimum atomic E-state index is -0.468. The fourth-order valence-electron chi connectivity index (χ4n) is 3.27. The number of nitrogens with zero attached hydrogens (tertiary/aromatic N) is 1. The second kappa shape index (κ2) is 8.65. The van der Waals surface area contributed by atoms with Gasteiger partial charge in [-0.2, -0.15) is 0 Å². The molecule has 1 atom stereocenters. The minimum Gasteiger partial charge on any atom is -0.355 e. The number of anilines is 1. The maximum atomic E-state index is 13.0. The predicted molar refractivity (Wildman–Crippen MR) is 104 cm³/mol. The summed E-state index contributed by atoms with van der Waals surface area (Å²) in [6.45, 7) is 2.88. The highest BCUT2D eigenvalue weighted by Gasteiger charge is 2.34. The zero-order chi connectivity index (χ0) is 20.1. The van der Waals surface area contributed by atoms with E-state index >= 15 is 0 Å². The zero-order valence-corrected chi connectivity index (χ0v) is 15.6. The third kappa shape index (κ3) is 4.36. The first kappa shape index (κ1) is 19.5. The van der Waals surface area contributed by atoms with Crippen LogP contribution in [0.1, 0.15) is 40.5 Å². The topological polar surface area (TPSA) is 78.5 Å². The third-order valence-electron chi connectivity index (χ3n) is 4.64. The summed E-state index contributed by atoms with van der Waals surface area (Å²) in [5.74, 6) is -1.21. The summed E-state index contributed by atoms with van der Waals surface area (Å²) in [5, 5.41) is 5.47. The van der Waals surface area contributed by atoms with Crippen molar-refractivity contribution in [2.24, 2.45) is 0 Å². The Labute approximate surface area is 162 Å². The van der Waals surface area contributed by atoms with Gasteiger partial charge in [0.05, 0.1) is 0 Å². The number of hydrogen-bond acceptors (Lipinski definition) is 3. The molecular formula is C21H22FN3O3. The standard InChI is InChI=1S/C21H22FN3O3/c1-2-23-20(27)18-7-4-12-25(18)21(28)15-5-3-6-17(13-15)24-19(26)14-8-10-16(22)11-9-14/h3,5-6,8-11,13,18H,2,4,7,12H2,1H3,(H,23,27)(H,24,26). The summed E-state index contributed by atoms with van der Waals surface area (Å²) in [5.41, 5.74) is 1.16. The monoisotopic (exact) mass is 383 g/mol. The average molecular weight is 383 g/mol. The lowest BCUT2D eigenvalue weighted by Gasteiger charge is -2.24. The third-order valence-corrected chi connectivity index (χ3v) is 4.64. The van der Waals surface area contributed by atoms with Crippen LogP contribution >= 0.6 is 0 Å². The Morgan fingerprint density at radius 1 is 1.11 bits per heavy atom. The van der Waals surface area contributed by atoms with Gasteiger partial charge in [-0.25, -0.2) is 4.39 Å². The van der Waals surface area contributed by atoms with E-state index in [0.717, 1.165) is 6.42 Å². The lowest BCUT2D eigenvalue weighted by molar-refractivity contribution is -0.124. The van der Waals surface area contributed by atoms with Gasteiger partial charge < -0.3 is 15.5 Å². The Hall–Kier alpha value is -3.22. The molecule has 0 bridgehead atoms. The number of nitrogens with one attached hydrogen (secondary N) is 2. The van der Waals surface area contributed by atoms with Gasteiger partial charge in [0.25, 0.3) is 11.8 Å². The molecule has 0 spiro atoms. The minimum absolute atomic E-state index is 0.144. The number of likely N-dealkylation sites (N-methyl/N-ethyl adjacent to an activating group) is 1. The number of likely N-dealkylation sites (tertiary alicyclic amines) is 1. The van der Waals surface area contributed by atoms with Crippen LogP contribution in [0.3, 0.4) is 0 Å². The lowest BCUT2D eigenvalue weighted by Crippen LogP contribution is -2.45. The molecule has 28 heavy (non-hydrogen) atoms. The average Bonchev–Trinajstić information content (AvgIpc) is 3.18. The number of benzene rings is 2. The first-order valence-corrected chi connectivity index (χ1v) is 9.25. The quantitative estimate of drug-likeness (QED) is 0.833. The van der Waals surface area contributed by atoms with Crippen LogP contribution in [0.25, 0.3) is 0 Å². The molecule has 2 aromatic rings. The maximum Gasteiger partial charge on any atom is 0.255 e. The smallest absolute Gasteiger partial charge is 0.255 e. The Bertz CT molecular complexity index is 883. The van der Waals surface area contributed by atoms with E-state index in [1.165, 1.54) is 24.3 Å². The van der Waals surface area contributed by atoms with E-state index in [1.54, 1.807) is 29.2 Å². The van der Waals surface area contributed by atoms with Crippen LogP contribution in [0.15, 0.2) is 48.5 Å². The van der Waals surface area contributed by atoms with E-state index in [4.69, 9.17) is 0 Å². The Balaban J connectivity index is 1.73. The van der Waals surface area contributed by atoms with Crippen LogP contribution in [-0.4, -0.2) is 41.8 Å². The molecule has 0 radical (unpaired) electrons. The molecule has 2 aromatic carbocycles. The molecule has 2 N–H and O–H groups in total. The molecule has 1 heterocycles. The van der Waals surface area contributed by atoms with Crippen molar-refractivity contribution >= 4 is 23.4 Å². The highest BCUT2D eigenvalue weighted by molar-refractivity contribution is 6.05. The summed E-state index contributed by atoms with van der Waals surface area (Å²) < 4.78 is 13.0. The maximum absolute atomic E-state index is 13.0. The molecule has 0 saturated carbocycles. The highest BCUT2D eigenvalue weighted by atomic mass is 19.1. The van der Waals surface area contributed by atoms with Crippen molar-refractivity contribution in [2.75, 3.05) is 18.4 Å². The molecule has 6 nitrogen and oxygen atoms in total. The summed E-state index contributed by atoms with van der Waals surface area (Å²) in [6.07, 6.45) is 1.41. The number of amides is 3. The number of halogens is 1. The second-order valence-corrected chi connectivity index (χ2v) is 6.59. The Kier molecular flexibility index (Phi) is 6.03. The van der Waals surface area contributed by atoms with Crippen LogP contribution < -0.4 is 10.6 Å². The van der Waals surface area contributed by atoms with Crippen molar-refractivity contribution in [3.8, 4) is 0 Å². The van der Waals surface area contributed by atoms with Gasteiger partial charge in [-0.3, -0.25) is 14.4 Å². The molecule has 7 heteroatoms. The van der Waals surface area contributed by atoms with Gasteiger partial charge in [-0.15, -0.1) is 0 Å². The number of carbonyl (C=O) groups is 3. The lowest BCUT2D eigenvalue weighted by atomic mass is 10.1. The molecule has 1 saturated heterocycles. The van der Waals surface area contributed by atoms with E-state index < -0.39 is 17.8 Å². The number of carbonyl (C=O) groups excluding carboxylic acids is 3. The SMILES string of the molecule is CCNC(=O)C1CCCN1C(=O)c1cccc(NC(=O)c2ccc(F)cc2)c1. The molecule has 1 unspecified atom stereocenters. The predicted octanol–water partition coefficient (Wildman–Crippen LogP) is 2.82. The van der Waals surface area contributed by atoms with Gasteiger partial charge in [0.15, 0.2) is 0 Å². The van der Waals surface area contributed by atoms with Crippen LogP contribution in [0.5, 0.6) is 0 Å². The van der Waals surface area contributed by atoms with Crippen LogP contribution in [0, 0.1) is 5.82 Å². The van der Waals surface area contributed by atoms with Crippen molar-refractivity contribution in [2.45, 2.75) is 25.8 Å². The van der Waals surface area contributed by atoms with Gasteiger partial charge >= 0.3 is 0 Å². The molecule has 1 aliphatic rings. The van der Waals surface area contributed by atoms with Gasteiger partial charge in [0.1, 0.15) is 11.9 Å². The van der Waals surface area contributed by atoms with E-state index in [9.17, 15) is 18.8 Å². The number of hydrogen-bond donors (Lipinski definition) is 2. The Morgan fingerprint density at radius 2 is 1.86 bits per heavy atom. The summed E-state index contributed by atoms with van der Waals surface area (Å²) in [7, 11) is 0. The molecule has 146 valence electrons. The molecule has 3 rings (SSSR count). The van der Waals surface area contributed by atoms with E-state index in [0.29, 0.717) is 36.3 Å². The molecule has 1 fully saturated rings. The van der Waals surface area contributed by atoms with E-state index in [-0.39, 0.29) is 11.8 Å². The molecular weight excluding hydrogens is 361 g/mol. The second-order valence-electron chi connectivity index (χ2n) is 6.59.